The number of allylic oxidation sites excluding steroid dienone is 5. The molecule has 0 fully saturated rings. The molecule has 2 unspecified atom stereocenters. The second kappa shape index (κ2) is 71.6. The van der Waals surface area contributed by atoms with Gasteiger partial charge in [0.2, 0.25) is 5.91 Å². The third-order valence-corrected chi connectivity index (χ3v) is 17.4. The van der Waals surface area contributed by atoms with Crippen LogP contribution in [0.5, 0.6) is 0 Å². The fourth-order valence-electron chi connectivity index (χ4n) is 11.7. The van der Waals surface area contributed by atoms with Crippen molar-refractivity contribution < 1.29 is 24.5 Å². The van der Waals surface area contributed by atoms with E-state index in [4.69, 9.17) is 4.74 Å². The van der Waals surface area contributed by atoms with Crippen LogP contribution in [-0.4, -0.2) is 47.4 Å². The maximum absolute atomic E-state index is 12.5. The minimum atomic E-state index is -0.846. The minimum Gasteiger partial charge on any atom is -0.466 e. The predicted octanol–water partition coefficient (Wildman–Crippen LogP) is 24.3. The molecule has 6 heteroatoms. The molecule has 0 aliphatic heterocycles. The van der Waals surface area contributed by atoms with E-state index in [1.54, 1.807) is 6.08 Å². The first-order valence-corrected chi connectivity index (χ1v) is 37.3. The molecule has 0 aliphatic rings. The van der Waals surface area contributed by atoms with Crippen molar-refractivity contribution in [2.45, 2.75) is 424 Å². The van der Waals surface area contributed by atoms with Gasteiger partial charge in [0.1, 0.15) is 0 Å². The number of carbonyl (C=O) groups is 2. The molecule has 82 heavy (non-hydrogen) atoms. The lowest BCUT2D eigenvalue weighted by atomic mass is 10.0. The van der Waals surface area contributed by atoms with Gasteiger partial charge in [-0.15, -0.1) is 0 Å². The van der Waals surface area contributed by atoms with Gasteiger partial charge < -0.3 is 20.3 Å². The normalized spacial score (nSPS) is 12.7. The van der Waals surface area contributed by atoms with E-state index in [1.165, 1.54) is 334 Å². The van der Waals surface area contributed by atoms with E-state index in [9.17, 15) is 19.8 Å². The van der Waals surface area contributed by atoms with Crippen LogP contribution in [-0.2, 0) is 14.3 Å². The molecule has 0 aromatic carbocycles. The van der Waals surface area contributed by atoms with Gasteiger partial charge in [0.05, 0.1) is 25.4 Å². The molecule has 0 aromatic rings. The fraction of sp³-hybridized carbons (Fsp3) is 0.895. The number of hydrogen-bond donors (Lipinski definition) is 3. The van der Waals surface area contributed by atoms with Gasteiger partial charge in [-0.2, -0.15) is 0 Å². The summed E-state index contributed by atoms with van der Waals surface area (Å²) in [6, 6.07) is -0.630. The largest absolute Gasteiger partial charge is 0.466 e. The predicted molar refractivity (Wildman–Crippen MR) is 361 cm³/mol. The number of aliphatic hydroxyl groups is 2. The summed E-state index contributed by atoms with van der Waals surface area (Å²) in [7, 11) is 0. The summed E-state index contributed by atoms with van der Waals surface area (Å²) in [4.78, 5) is 24.6. The first-order chi connectivity index (χ1) is 40.5. The highest BCUT2D eigenvalue weighted by Gasteiger charge is 2.18. The molecular formula is C76H145NO5. The number of carbonyl (C=O) groups excluding carboxylic acids is 2. The average Bonchev–Trinajstić information content (AvgIpc) is 3.48. The van der Waals surface area contributed by atoms with Crippen molar-refractivity contribution >= 4 is 11.9 Å². The highest BCUT2D eigenvalue weighted by molar-refractivity contribution is 5.76. The fourth-order valence-corrected chi connectivity index (χ4v) is 11.7. The van der Waals surface area contributed by atoms with Crippen LogP contribution < -0.4 is 5.32 Å². The SMILES string of the molecule is CCCCC/C=C\C/C=C\CCCCCCCCCC(=O)OCCCCCCCCCCCCCCCCCCCCCCCCCC(=O)NC(CO)C(O)/C=C/CCCCCCCCCCCCCCCCCCCCCCCCC. The third-order valence-electron chi connectivity index (χ3n) is 17.4. The van der Waals surface area contributed by atoms with Crippen LogP contribution >= 0.6 is 0 Å². The maximum Gasteiger partial charge on any atom is 0.305 e. The summed E-state index contributed by atoms with van der Waals surface area (Å²) in [6.07, 6.45) is 92.3. The second-order valence-electron chi connectivity index (χ2n) is 25.6. The van der Waals surface area contributed by atoms with Crippen LogP contribution in [0.2, 0.25) is 0 Å². The number of aliphatic hydroxyl groups excluding tert-OH is 2. The molecule has 0 bridgehead atoms. The Morgan fingerprint density at radius 1 is 0.341 bits per heavy atom. The molecule has 0 saturated carbocycles. The number of rotatable bonds is 70. The Balaban J connectivity index is 3.40. The lowest BCUT2D eigenvalue weighted by molar-refractivity contribution is -0.143. The first kappa shape index (κ1) is 80.1. The van der Waals surface area contributed by atoms with Crippen molar-refractivity contribution in [1.82, 2.24) is 5.32 Å². The van der Waals surface area contributed by atoms with Crippen molar-refractivity contribution in [1.29, 1.82) is 0 Å². The molecule has 0 aliphatic carbocycles. The van der Waals surface area contributed by atoms with Crippen LogP contribution in [0, 0.1) is 0 Å². The number of nitrogens with one attached hydrogen (secondary N) is 1. The van der Waals surface area contributed by atoms with Crippen molar-refractivity contribution in [3.63, 3.8) is 0 Å². The Labute approximate surface area is 513 Å². The molecule has 1 amide bonds. The molecule has 0 heterocycles. The van der Waals surface area contributed by atoms with Crippen LogP contribution in [0.4, 0.5) is 0 Å². The number of hydrogen-bond acceptors (Lipinski definition) is 5. The van der Waals surface area contributed by atoms with Gasteiger partial charge in [-0.25, -0.2) is 0 Å². The summed E-state index contributed by atoms with van der Waals surface area (Å²) in [6.45, 7) is 4.92. The maximum atomic E-state index is 12.5. The van der Waals surface area contributed by atoms with E-state index < -0.39 is 12.1 Å². The molecule has 6 nitrogen and oxygen atoms in total. The molecule has 484 valence electrons. The summed E-state index contributed by atoms with van der Waals surface area (Å²) in [5.74, 6) is -0.0561. The zero-order chi connectivity index (χ0) is 59.2. The van der Waals surface area contributed by atoms with Crippen molar-refractivity contribution in [2.24, 2.45) is 0 Å². The standard InChI is InChI=1S/C76H145NO5/c1-3-5-7-9-11-13-15-17-19-21-22-23-24-25-27-30-33-37-40-44-48-52-56-60-64-68-74(79)73(72-78)77-75(80)69-65-61-57-53-49-45-41-38-34-31-28-26-29-32-35-39-43-47-51-55-59-63-67-71-82-76(81)70-66-62-58-54-50-46-42-36-20-18-16-14-12-10-8-6-4-2/h12,14,18,20,64,68,73-74,78-79H,3-11,13,15-17,19,21-63,65-67,69-72H2,1-2H3,(H,77,80)/b14-12-,20-18-,68-64+. The Kier molecular flexibility index (Phi) is 69.9. The Morgan fingerprint density at radius 3 is 0.951 bits per heavy atom. The zero-order valence-corrected chi connectivity index (χ0v) is 55.5. The lowest BCUT2D eigenvalue weighted by Crippen LogP contribution is -2.45. The molecule has 0 spiro atoms. The Morgan fingerprint density at radius 2 is 0.610 bits per heavy atom. The van der Waals surface area contributed by atoms with E-state index in [1.807, 2.05) is 6.08 Å². The van der Waals surface area contributed by atoms with Gasteiger partial charge >= 0.3 is 5.97 Å². The van der Waals surface area contributed by atoms with E-state index in [0.717, 1.165) is 51.4 Å². The van der Waals surface area contributed by atoms with Gasteiger partial charge in [0, 0.05) is 12.8 Å². The van der Waals surface area contributed by atoms with E-state index in [2.05, 4.69) is 43.5 Å². The van der Waals surface area contributed by atoms with Gasteiger partial charge in [-0.05, 0) is 64.2 Å². The summed E-state index contributed by atoms with van der Waals surface area (Å²) in [5, 5.41) is 23.3. The second-order valence-corrected chi connectivity index (χ2v) is 25.6. The molecular weight excluding hydrogens is 1010 g/mol. The van der Waals surface area contributed by atoms with E-state index >= 15 is 0 Å². The highest BCUT2D eigenvalue weighted by atomic mass is 16.5. The van der Waals surface area contributed by atoms with E-state index in [0.29, 0.717) is 19.4 Å². The minimum absolute atomic E-state index is 0.00694. The van der Waals surface area contributed by atoms with E-state index in [-0.39, 0.29) is 18.5 Å². The lowest BCUT2D eigenvalue weighted by Gasteiger charge is -2.20. The van der Waals surface area contributed by atoms with Crippen molar-refractivity contribution in [3.05, 3.63) is 36.5 Å². The Hall–Kier alpha value is -1.92. The smallest absolute Gasteiger partial charge is 0.305 e. The summed E-state index contributed by atoms with van der Waals surface area (Å²) < 4.78 is 5.50. The van der Waals surface area contributed by atoms with Crippen LogP contribution in [0.25, 0.3) is 0 Å². The zero-order valence-electron chi connectivity index (χ0n) is 55.5. The van der Waals surface area contributed by atoms with Crippen molar-refractivity contribution in [3.8, 4) is 0 Å². The molecule has 0 radical (unpaired) electrons. The number of amides is 1. The van der Waals surface area contributed by atoms with Gasteiger partial charge in [0.15, 0.2) is 0 Å². The monoisotopic (exact) mass is 1150 g/mol. The number of unbranched alkanes of at least 4 members (excludes halogenated alkanes) is 55. The molecule has 0 rings (SSSR count). The van der Waals surface area contributed by atoms with Crippen LogP contribution in [0.15, 0.2) is 36.5 Å². The summed E-state index contributed by atoms with van der Waals surface area (Å²) in [5.41, 5.74) is 0. The number of esters is 1. The molecule has 2 atom stereocenters. The average molecular weight is 1150 g/mol. The van der Waals surface area contributed by atoms with Gasteiger partial charge in [-0.1, -0.05) is 371 Å². The van der Waals surface area contributed by atoms with Crippen LogP contribution in [0.3, 0.4) is 0 Å². The molecule has 0 saturated heterocycles. The molecule has 3 N–H and O–H groups in total. The third kappa shape index (κ3) is 67.2. The van der Waals surface area contributed by atoms with Crippen molar-refractivity contribution in [2.75, 3.05) is 13.2 Å². The highest BCUT2D eigenvalue weighted by Crippen LogP contribution is 2.19. The topological polar surface area (TPSA) is 95.9 Å². The van der Waals surface area contributed by atoms with Gasteiger partial charge in [0.25, 0.3) is 0 Å². The van der Waals surface area contributed by atoms with Crippen LogP contribution in [0.1, 0.15) is 412 Å². The van der Waals surface area contributed by atoms with Gasteiger partial charge in [-0.3, -0.25) is 9.59 Å². The number of ether oxygens (including phenoxy) is 1. The Bertz CT molecular complexity index is 1330. The summed E-state index contributed by atoms with van der Waals surface area (Å²) >= 11 is 0. The first-order valence-electron chi connectivity index (χ1n) is 37.3. The quantitative estimate of drug-likeness (QED) is 0.0320. The molecule has 0 aromatic heterocycles.